The number of rotatable bonds is 5. The lowest BCUT2D eigenvalue weighted by atomic mass is 10.2. The molecule has 0 spiro atoms. The number of esters is 1. The Labute approximate surface area is 95.6 Å². The molecule has 1 N–H and O–H groups in total. The average Bonchev–Trinajstić information content (AvgIpc) is 2.31. The third kappa shape index (κ3) is 3.46. The molecule has 16 heavy (non-hydrogen) atoms. The van der Waals surface area contributed by atoms with Crippen molar-refractivity contribution in [3.8, 4) is 5.75 Å². The zero-order chi connectivity index (χ0) is 12.0. The maximum absolute atomic E-state index is 11.2. The molecular weight excluding hydrogens is 206 g/mol. The van der Waals surface area contributed by atoms with Crippen molar-refractivity contribution in [2.24, 2.45) is 0 Å². The van der Waals surface area contributed by atoms with Gasteiger partial charge in [0.15, 0.2) is 0 Å². The SMILES string of the molecule is CCOc1ccc(NC(C)C(=O)OC)cc1. The number of methoxy groups -OCH3 is 1. The minimum atomic E-state index is -0.358. The fourth-order valence-electron chi connectivity index (χ4n) is 1.30. The number of nitrogens with one attached hydrogen (secondary N) is 1. The zero-order valence-corrected chi connectivity index (χ0v) is 9.82. The van der Waals surface area contributed by atoms with Crippen molar-refractivity contribution >= 4 is 11.7 Å². The van der Waals surface area contributed by atoms with Crippen LogP contribution >= 0.6 is 0 Å². The number of hydrogen-bond acceptors (Lipinski definition) is 4. The highest BCUT2D eigenvalue weighted by molar-refractivity contribution is 5.78. The van der Waals surface area contributed by atoms with E-state index in [1.807, 2.05) is 31.2 Å². The van der Waals surface area contributed by atoms with E-state index in [9.17, 15) is 4.79 Å². The van der Waals surface area contributed by atoms with Crippen LogP contribution < -0.4 is 10.1 Å². The van der Waals surface area contributed by atoms with Gasteiger partial charge in [-0.2, -0.15) is 0 Å². The molecule has 1 aromatic carbocycles. The van der Waals surface area contributed by atoms with Gasteiger partial charge in [-0.1, -0.05) is 0 Å². The zero-order valence-electron chi connectivity index (χ0n) is 9.82. The minimum absolute atomic E-state index is 0.283. The number of benzene rings is 1. The first-order chi connectivity index (χ1) is 7.67. The van der Waals surface area contributed by atoms with Gasteiger partial charge >= 0.3 is 5.97 Å². The summed E-state index contributed by atoms with van der Waals surface area (Å²) in [4.78, 5) is 11.2. The van der Waals surface area contributed by atoms with Crippen LogP contribution in [0.4, 0.5) is 5.69 Å². The van der Waals surface area contributed by atoms with E-state index >= 15 is 0 Å². The van der Waals surface area contributed by atoms with Crippen LogP contribution in [0.3, 0.4) is 0 Å². The Bertz CT molecular complexity index is 335. The van der Waals surface area contributed by atoms with Crippen LogP contribution in [0.5, 0.6) is 5.75 Å². The van der Waals surface area contributed by atoms with Crippen molar-refractivity contribution in [2.75, 3.05) is 19.0 Å². The van der Waals surface area contributed by atoms with Gasteiger partial charge in [0.2, 0.25) is 0 Å². The molecule has 0 heterocycles. The van der Waals surface area contributed by atoms with Crippen molar-refractivity contribution in [1.29, 1.82) is 0 Å². The molecule has 0 aliphatic rings. The normalized spacial score (nSPS) is 11.7. The summed E-state index contributed by atoms with van der Waals surface area (Å²) in [5.41, 5.74) is 0.862. The van der Waals surface area contributed by atoms with Gasteiger partial charge in [0.25, 0.3) is 0 Å². The first-order valence-electron chi connectivity index (χ1n) is 5.24. The third-order valence-electron chi connectivity index (χ3n) is 2.10. The van der Waals surface area contributed by atoms with Crippen LogP contribution in [0.15, 0.2) is 24.3 Å². The highest BCUT2D eigenvalue weighted by Gasteiger charge is 2.11. The monoisotopic (exact) mass is 223 g/mol. The second kappa shape index (κ2) is 6.00. The quantitative estimate of drug-likeness (QED) is 0.776. The molecule has 0 aliphatic heterocycles. The van der Waals surface area contributed by atoms with Crippen molar-refractivity contribution in [3.63, 3.8) is 0 Å². The Morgan fingerprint density at radius 3 is 2.50 bits per heavy atom. The van der Waals surface area contributed by atoms with E-state index in [2.05, 4.69) is 10.1 Å². The van der Waals surface area contributed by atoms with Gasteiger partial charge in [0, 0.05) is 5.69 Å². The van der Waals surface area contributed by atoms with Gasteiger partial charge in [-0.05, 0) is 38.1 Å². The van der Waals surface area contributed by atoms with Gasteiger partial charge in [-0.25, -0.2) is 4.79 Å². The maximum Gasteiger partial charge on any atom is 0.327 e. The lowest BCUT2D eigenvalue weighted by Gasteiger charge is -2.13. The molecule has 0 aliphatic carbocycles. The summed E-state index contributed by atoms with van der Waals surface area (Å²) in [5, 5.41) is 3.03. The average molecular weight is 223 g/mol. The lowest BCUT2D eigenvalue weighted by Crippen LogP contribution is -2.27. The molecule has 0 saturated carbocycles. The molecule has 4 nitrogen and oxygen atoms in total. The topological polar surface area (TPSA) is 47.6 Å². The van der Waals surface area contributed by atoms with Gasteiger partial charge < -0.3 is 14.8 Å². The number of carbonyl (C=O) groups is 1. The summed E-state index contributed by atoms with van der Waals surface area (Å²) in [6.45, 7) is 4.33. The molecule has 0 aromatic heterocycles. The Kier molecular flexibility index (Phi) is 4.64. The van der Waals surface area contributed by atoms with E-state index in [4.69, 9.17) is 4.74 Å². The molecule has 1 aromatic rings. The number of ether oxygens (including phenoxy) is 2. The fraction of sp³-hybridized carbons (Fsp3) is 0.417. The molecule has 4 heteroatoms. The van der Waals surface area contributed by atoms with Crippen LogP contribution in [0, 0.1) is 0 Å². The standard InChI is InChI=1S/C12H17NO3/c1-4-16-11-7-5-10(6-8-11)13-9(2)12(14)15-3/h5-9,13H,4H2,1-3H3. The summed E-state index contributed by atoms with van der Waals surface area (Å²) in [5.74, 6) is 0.535. The van der Waals surface area contributed by atoms with Crippen LogP contribution in [-0.4, -0.2) is 25.7 Å². The molecule has 1 unspecified atom stereocenters. The molecular formula is C12H17NO3. The van der Waals surface area contributed by atoms with Crippen LogP contribution in [0.25, 0.3) is 0 Å². The van der Waals surface area contributed by atoms with Crippen molar-refractivity contribution in [3.05, 3.63) is 24.3 Å². The number of anilines is 1. The smallest absolute Gasteiger partial charge is 0.327 e. The maximum atomic E-state index is 11.2. The highest BCUT2D eigenvalue weighted by atomic mass is 16.5. The van der Waals surface area contributed by atoms with E-state index < -0.39 is 0 Å². The molecule has 0 amide bonds. The minimum Gasteiger partial charge on any atom is -0.494 e. The van der Waals surface area contributed by atoms with E-state index in [0.717, 1.165) is 11.4 Å². The lowest BCUT2D eigenvalue weighted by molar-refractivity contribution is -0.141. The second-order valence-corrected chi connectivity index (χ2v) is 3.35. The molecule has 0 fully saturated rings. The molecule has 88 valence electrons. The third-order valence-corrected chi connectivity index (χ3v) is 2.10. The van der Waals surface area contributed by atoms with Crippen molar-refractivity contribution in [1.82, 2.24) is 0 Å². The van der Waals surface area contributed by atoms with Gasteiger partial charge in [0.05, 0.1) is 13.7 Å². The van der Waals surface area contributed by atoms with Gasteiger partial charge in [-0.15, -0.1) is 0 Å². The molecule has 0 saturated heterocycles. The number of carbonyl (C=O) groups excluding carboxylic acids is 1. The largest absolute Gasteiger partial charge is 0.494 e. The predicted molar refractivity (Wildman–Crippen MR) is 62.7 cm³/mol. The summed E-state index contributed by atoms with van der Waals surface area (Å²) in [7, 11) is 1.37. The molecule has 0 bridgehead atoms. The Morgan fingerprint density at radius 1 is 1.38 bits per heavy atom. The Balaban J connectivity index is 2.58. The van der Waals surface area contributed by atoms with Gasteiger partial charge in [-0.3, -0.25) is 0 Å². The van der Waals surface area contributed by atoms with Crippen LogP contribution in [0.1, 0.15) is 13.8 Å². The first-order valence-corrected chi connectivity index (χ1v) is 5.24. The summed E-state index contributed by atoms with van der Waals surface area (Å²) < 4.78 is 9.94. The Morgan fingerprint density at radius 2 is 2.00 bits per heavy atom. The molecule has 1 atom stereocenters. The first kappa shape index (κ1) is 12.4. The van der Waals surface area contributed by atoms with Crippen molar-refractivity contribution < 1.29 is 14.3 Å². The molecule has 0 radical (unpaired) electrons. The fourth-order valence-corrected chi connectivity index (χ4v) is 1.30. The van der Waals surface area contributed by atoms with Crippen LogP contribution in [0.2, 0.25) is 0 Å². The van der Waals surface area contributed by atoms with Crippen LogP contribution in [-0.2, 0) is 9.53 Å². The van der Waals surface area contributed by atoms with E-state index in [1.165, 1.54) is 7.11 Å². The van der Waals surface area contributed by atoms with Gasteiger partial charge in [0.1, 0.15) is 11.8 Å². The van der Waals surface area contributed by atoms with E-state index in [1.54, 1.807) is 6.92 Å². The second-order valence-electron chi connectivity index (χ2n) is 3.35. The Hall–Kier alpha value is -1.71. The summed E-state index contributed by atoms with van der Waals surface area (Å²) in [6.07, 6.45) is 0. The predicted octanol–water partition coefficient (Wildman–Crippen LogP) is 2.06. The molecule has 1 rings (SSSR count). The highest BCUT2D eigenvalue weighted by Crippen LogP contribution is 2.16. The summed E-state index contributed by atoms with van der Waals surface area (Å²) >= 11 is 0. The van der Waals surface area contributed by atoms with Crippen molar-refractivity contribution in [2.45, 2.75) is 19.9 Å². The summed E-state index contributed by atoms with van der Waals surface area (Å²) in [6, 6.07) is 7.09. The van der Waals surface area contributed by atoms with E-state index in [-0.39, 0.29) is 12.0 Å². The number of hydrogen-bond donors (Lipinski definition) is 1. The van der Waals surface area contributed by atoms with E-state index in [0.29, 0.717) is 6.61 Å².